The van der Waals surface area contributed by atoms with Crippen molar-refractivity contribution in [1.82, 2.24) is 14.6 Å². The maximum atomic E-state index is 13.4. The molecule has 0 spiro atoms. The Morgan fingerprint density at radius 3 is 2.46 bits per heavy atom. The van der Waals surface area contributed by atoms with E-state index in [1.807, 2.05) is 19.1 Å². The van der Waals surface area contributed by atoms with Crippen molar-refractivity contribution in [2.45, 2.75) is 18.4 Å². The molecule has 4 rings (SSSR count). The molecule has 0 aliphatic heterocycles. The van der Waals surface area contributed by atoms with Gasteiger partial charge < -0.3 is 10.6 Å². The first-order valence-corrected chi connectivity index (χ1v) is 13.4. The largest absolute Gasteiger partial charge is 0.383 e. The third-order valence-corrected chi connectivity index (χ3v) is 7.76. The summed E-state index contributed by atoms with van der Waals surface area (Å²) in [5.41, 5.74) is 3.07. The van der Waals surface area contributed by atoms with Crippen LogP contribution in [0.2, 0.25) is 5.02 Å². The Bertz CT molecular complexity index is 1500. The van der Waals surface area contributed by atoms with E-state index in [0.717, 1.165) is 26.5 Å². The van der Waals surface area contributed by atoms with Gasteiger partial charge in [-0.1, -0.05) is 41.4 Å². The van der Waals surface area contributed by atoms with Gasteiger partial charge in [-0.15, -0.1) is 0 Å². The molecule has 37 heavy (non-hydrogen) atoms. The van der Waals surface area contributed by atoms with Crippen LogP contribution < -0.4 is 10.6 Å². The van der Waals surface area contributed by atoms with Gasteiger partial charge in [0.05, 0.1) is 17.0 Å². The lowest BCUT2D eigenvalue weighted by atomic mass is 10.2. The number of rotatable bonds is 10. The highest BCUT2D eigenvalue weighted by atomic mass is 35.5. The predicted molar refractivity (Wildman–Crippen MR) is 143 cm³/mol. The molecule has 0 aliphatic rings. The van der Waals surface area contributed by atoms with E-state index < -0.39 is 21.7 Å². The Hall–Kier alpha value is -3.53. The van der Waals surface area contributed by atoms with Crippen LogP contribution in [0.25, 0.3) is 10.9 Å². The van der Waals surface area contributed by atoms with Crippen LogP contribution in [0, 0.1) is 12.7 Å². The lowest BCUT2D eigenvalue weighted by Gasteiger charge is -2.22. The van der Waals surface area contributed by atoms with Crippen molar-refractivity contribution in [1.29, 1.82) is 0 Å². The van der Waals surface area contributed by atoms with Gasteiger partial charge in [0.1, 0.15) is 5.82 Å². The van der Waals surface area contributed by atoms with E-state index in [1.54, 1.807) is 30.5 Å². The number of carbonyl (C=O) groups excluding carboxylic acids is 1. The molecule has 4 aromatic rings. The molecule has 0 radical (unpaired) electrons. The fraction of sp³-hybridized carbons (Fsp3) is 0.185. The number of halogens is 2. The standard InChI is InChI=1S/C27H26ClFN4O3S/c1-19-2-9-23(10-3-19)37(35,36)33(17-20-4-7-22(29)8-5-20)18-27(34)32-15-14-31-25-12-13-30-26-16-21(28)6-11-24(25)26/h2-13,16H,14-15,17-18H2,1H3,(H,30,31)(H,32,34). The SMILES string of the molecule is Cc1ccc(S(=O)(=O)N(CC(=O)NCCNc2ccnc3cc(Cl)ccc23)Cc2ccc(F)cc2)cc1. The minimum Gasteiger partial charge on any atom is -0.383 e. The average Bonchev–Trinajstić information content (AvgIpc) is 2.87. The maximum absolute atomic E-state index is 13.4. The zero-order chi connectivity index (χ0) is 26.4. The molecule has 192 valence electrons. The predicted octanol–water partition coefficient (Wildman–Crippen LogP) is 4.75. The van der Waals surface area contributed by atoms with Gasteiger partial charge in [-0.05, 0) is 61.0 Å². The van der Waals surface area contributed by atoms with Gasteiger partial charge in [-0.25, -0.2) is 12.8 Å². The van der Waals surface area contributed by atoms with Gasteiger partial charge in [0, 0.05) is 41.9 Å². The molecule has 7 nitrogen and oxygen atoms in total. The molecular weight excluding hydrogens is 515 g/mol. The number of hydrogen-bond donors (Lipinski definition) is 2. The number of amides is 1. The molecule has 0 saturated carbocycles. The van der Waals surface area contributed by atoms with Gasteiger partial charge in [-0.2, -0.15) is 4.31 Å². The number of benzene rings is 3. The Morgan fingerprint density at radius 2 is 1.73 bits per heavy atom. The Morgan fingerprint density at radius 1 is 1.00 bits per heavy atom. The minimum absolute atomic E-state index is 0.0757. The van der Waals surface area contributed by atoms with Crippen molar-refractivity contribution in [2.24, 2.45) is 0 Å². The van der Waals surface area contributed by atoms with Crippen molar-refractivity contribution < 1.29 is 17.6 Å². The van der Waals surface area contributed by atoms with Crippen LogP contribution in [-0.4, -0.2) is 43.2 Å². The molecule has 1 amide bonds. The Kier molecular flexibility index (Phi) is 8.38. The summed E-state index contributed by atoms with van der Waals surface area (Å²) in [5, 5.41) is 7.51. The summed E-state index contributed by atoms with van der Waals surface area (Å²) in [6.45, 7) is 2.08. The van der Waals surface area contributed by atoms with Crippen molar-refractivity contribution in [3.63, 3.8) is 0 Å². The second-order valence-electron chi connectivity index (χ2n) is 8.51. The number of nitrogens with one attached hydrogen (secondary N) is 2. The Balaban J connectivity index is 1.41. The van der Waals surface area contributed by atoms with Crippen molar-refractivity contribution in [2.75, 3.05) is 25.0 Å². The first kappa shape index (κ1) is 26.5. The highest BCUT2D eigenvalue weighted by molar-refractivity contribution is 7.89. The van der Waals surface area contributed by atoms with E-state index in [4.69, 9.17) is 11.6 Å². The molecule has 0 atom stereocenters. The molecule has 3 aromatic carbocycles. The van der Waals surface area contributed by atoms with Crippen LogP contribution in [0.3, 0.4) is 0 Å². The topological polar surface area (TPSA) is 91.4 Å². The summed E-state index contributed by atoms with van der Waals surface area (Å²) in [6.07, 6.45) is 1.67. The third-order valence-electron chi connectivity index (χ3n) is 5.72. The van der Waals surface area contributed by atoms with E-state index >= 15 is 0 Å². The highest BCUT2D eigenvalue weighted by Gasteiger charge is 2.27. The van der Waals surface area contributed by atoms with Gasteiger partial charge in [0.15, 0.2) is 0 Å². The molecule has 0 aliphatic carbocycles. The fourth-order valence-electron chi connectivity index (χ4n) is 3.77. The molecule has 1 heterocycles. The third kappa shape index (κ3) is 6.82. The molecule has 1 aromatic heterocycles. The van der Waals surface area contributed by atoms with E-state index in [0.29, 0.717) is 17.1 Å². The van der Waals surface area contributed by atoms with Gasteiger partial charge in [-0.3, -0.25) is 9.78 Å². The molecule has 0 unspecified atom stereocenters. The number of pyridine rings is 1. The molecule has 0 saturated heterocycles. The summed E-state index contributed by atoms with van der Waals surface area (Å²) in [5.74, 6) is -0.877. The van der Waals surface area contributed by atoms with Gasteiger partial charge in [0.25, 0.3) is 0 Å². The molecule has 10 heteroatoms. The lowest BCUT2D eigenvalue weighted by Crippen LogP contribution is -2.41. The lowest BCUT2D eigenvalue weighted by molar-refractivity contribution is -0.121. The van der Waals surface area contributed by atoms with Crippen molar-refractivity contribution in [3.05, 3.63) is 101 Å². The number of nitrogens with zero attached hydrogens (tertiary/aromatic N) is 2. The number of anilines is 1. The van der Waals surface area contributed by atoms with E-state index in [-0.39, 0.29) is 24.5 Å². The quantitative estimate of drug-likeness (QED) is 0.283. The molecule has 0 bridgehead atoms. The summed E-state index contributed by atoms with van der Waals surface area (Å²) in [6, 6.07) is 19.2. The van der Waals surface area contributed by atoms with Gasteiger partial charge >= 0.3 is 0 Å². The number of fused-ring (bicyclic) bond motifs is 1. The fourth-order valence-corrected chi connectivity index (χ4v) is 5.32. The molecule has 0 fully saturated rings. The number of hydrogen-bond acceptors (Lipinski definition) is 5. The Labute approximate surface area is 220 Å². The van der Waals surface area contributed by atoms with Crippen LogP contribution in [0.15, 0.2) is 83.9 Å². The van der Waals surface area contributed by atoms with Crippen LogP contribution in [0.4, 0.5) is 10.1 Å². The monoisotopic (exact) mass is 540 g/mol. The van der Waals surface area contributed by atoms with Crippen molar-refractivity contribution >= 4 is 44.1 Å². The summed E-state index contributed by atoms with van der Waals surface area (Å²) in [4.78, 5) is 17.2. The first-order chi connectivity index (χ1) is 17.7. The summed E-state index contributed by atoms with van der Waals surface area (Å²) >= 11 is 6.04. The van der Waals surface area contributed by atoms with Crippen LogP contribution in [0.5, 0.6) is 0 Å². The molecule has 2 N–H and O–H groups in total. The second-order valence-corrected chi connectivity index (χ2v) is 10.9. The molecular formula is C27H26ClFN4O3S. The van der Waals surface area contributed by atoms with Crippen LogP contribution in [0.1, 0.15) is 11.1 Å². The zero-order valence-electron chi connectivity index (χ0n) is 20.1. The van der Waals surface area contributed by atoms with E-state index in [9.17, 15) is 17.6 Å². The first-order valence-electron chi connectivity index (χ1n) is 11.6. The maximum Gasteiger partial charge on any atom is 0.243 e. The minimum atomic E-state index is -3.98. The number of sulfonamides is 1. The number of aromatic nitrogens is 1. The normalized spacial score (nSPS) is 11.6. The number of aryl methyl sites for hydroxylation is 1. The second kappa shape index (κ2) is 11.7. The number of carbonyl (C=O) groups is 1. The van der Waals surface area contributed by atoms with E-state index in [1.165, 1.54) is 36.4 Å². The van der Waals surface area contributed by atoms with Crippen molar-refractivity contribution in [3.8, 4) is 0 Å². The smallest absolute Gasteiger partial charge is 0.243 e. The van der Waals surface area contributed by atoms with E-state index in [2.05, 4.69) is 15.6 Å². The average molecular weight is 541 g/mol. The van der Waals surface area contributed by atoms with Crippen LogP contribution in [-0.2, 0) is 21.4 Å². The summed E-state index contributed by atoms with van der Waals surface area (Å²) < 4.78 is 41.2. The highest BCUT2D eigenvalue weighted by Crippen LogP contribution is 2.24. The van der Waals surface area contributed by atoms with Crippen LogP contribution >= 0.6 is 11.6 Å². The van der Waals surface area contributed by atoms with Gasteiger partial charge in [0.2, 0.25) is 15.9 Å². The zero-order valence-corrected chi connectivity index (χ0v) is 21.7. The summed E-state index contributed by atoms with van der Waals surface area (Å²) in [7, 11) is -3.98.